The molecule has 5 nitrogen and oxygen atoms in total. The van der Waals surface area contributed by atoms with E-state index < -0.39 is 9.53 Å². The van der Waals surface area contributed by atoms with E-state index in [2.05, 4.69) is 4.98 Å². The van der Waals surface area contributed by atoms with Crippen molar-refractivity contribution in [3.63, 3.8) is 0 Å². The zero-order chi connectivity index (χ0) is 12.2. The molecule has 0 saturated heterocycles. The Morgan fingerprint density at radius 3 is 1.81 bits per heavy atom. The van der Waals surface area contributed by atoms with E-state index in [-0.39, 0.29) is 0 Å². The zero-order valence-corrected chi connectivity index (χ0v) is 11.4. The molecule has 0 amide bonds. The Balaban J connectivity index is 0.000000315. The molecule has 1 aromatic heterocycles. The van der Waals surface area contributed by atoms with E-state index in [1.165, 1.54) is 0 Å². The molecule has 0 unspecified atom stereocenters. The molecule has 6 heteroatoms. The molecular weight excluding hydrogens is 224 g/mol. The molecule has 94 valence electrons. The number of aromatic nitrogens is 1. The number of nitrogens with one attached hydrogen (secondary N) is 1. The molecule has 0 radical (unpaired) electrons. The Bertz CT molecular complexity index is 218. The van der Waals surface area contributed by atoms with Crippen LogP contribution in [0.5, 0.6) is 0 Å². The fourth-order valence-corrected chi connectivity index (χ4v) is 1.99. The molecule has 0 aromatic carbocycles. The Kier molecular flexibility index (Phi) is 10.1. The molecule has 0 spiro atoms. The summed E-state index contributed by atoms with van der Waals surface area (Å²) in [4.78, 5) is 2.80. The van der Waals surface area contributed by atoms with Gasteiger partial charge in [0.15, 0.2) is 0 Å². The lowest BCUT2D eigenvalue weighted by Gasteiger charge is -2.12. The van der Waals surface area contributed by atoms with Crippen LogP contribution in [-0.4, -0.2) is 34.3 Å². The van der Waals surface area contributed by atoms with E-state index in [0.717, 1.165) is 5.69 Å². The summed E-state index contributed by atoms with van der Waals surface area (Å²) in [5.41, 5.74) is 6.03. The van der Waals surface area contributed by atoms with Crippen molar-refractivity contribution in [2.24, 2.45) is 0 Å². The van der Waals surface area contributed by atoms with Gasteiger partial charge in [0, 0.05) is 37.9 Å². The van der Waals surface area contributed by atoms with Gasteiger partial charge in [-0.1, -0.05) is 0 Å². The summed E-state index contributed by atoms with van der Waals surface area (Å²) < 4.78 is 15.7. The molecule has 0 fully saturated rings. The summed E-state index contributed by atoms with van der Waals surface area (Å²) >= 11 is 0. The third-order valence-electron chi connectivity index (χ3n) is 1.53. The summed E-state index contributed by atoms with van der Waals surface area (Å²) in [5.74, 6) is 0. The summed E-state index contributed by atoms with van der Waals surface area (Å²) in [6, 6.07) is 1.81. The molecule has 3 N–H and O–H groups in total. The maximum atomic E-state index is 5.25. The van der Waals surface area contributed by atoms with Gasteiger partial charge in [-0.3, -0.25) is 0 Å². The van der Waals surface area contributed by atoms with Gasteiger partial charge in [-0.05, 0) is 26.8 Å². The quantitative estimate of drug-likeness (QED) is 0.745. The molecule has 0 aliphatic carbocycles. The molecule has 0 atom stereocenters. The van der Waals surface area contributed by atoms with Crippen molar-refractivity contribution in [2.75, 3.05) is 25.6 Å². The van der Waals surface area contributed by atoms with Crippen molar-refractivity contribution in [1.82, 2.24) is 4.98 Å². The number of nitrogen functional groups attached to an aromatic ring is 1. The Hall–Kier alpha value is -0.823. The molecular formula is C10H22N2O3Si. The van der Waals surface area contributed by atoms with Gasteiger partial charge < -0.3 is 24.0 Å². The third kappa shape index (κ3) is 8.48. The normalized spacial score (nSPS) is 10.0. The largest absolute Gasteiger partial charge is 0.484 e. The monoisotopic (exact) mass is 246 g/mol. The lowest BCUT2D eigenvalue weighted by molar-refractivity contribution is 0.107. The first-order valence-corrected chi connectivity index (χ1v) is 6.89. The maximum Gasteiger partial charge on any atom is 0.484 e. The van der Waals surface area contributed by atoms with Crippen molar-refractivity contribution < 1.29 is 13.3 Å². The Labute approximate surface area is 98.9 Å². The highest BCUT2D eigenvalue weighted by atomic mass is 28.3. The zero-order valence-electron chi connectivity index (χ0n) is 10.2. The van der Waals surface area contributed by atoms with Crippen LogP contribution in [0.25, 0.3) is 0 Å². The summed E-state index contributed by atoms with van der Waals surface area (Å²) in [7, 11) is -1.73. The standard InChI is InChI=1S/C6H16O3Si.C4H6N2/c1-4-7-10(8-5-2)9-6-3;5-4-1-2-6-3-4/h10H,4-6H2,1-3H3;1-3,6H,5H2. The van der Waals surface area contributed by atoms with Gasteiger partial charge in [0.25, 0.3) is 0 Å². The van der Waals surface area contributed by atoms with Gasteiger partial charge in [0.2, 0.25) is 0 Å². The highest BCUT2D eigenvalue weighted by Gasteiger charge is 2.11. The summed E-state index contributed by atoms with van der Waals surface area (Å²) in [6.45, 7) is 7.86. The SMILES string of the molecule is CCO[SiH](OCC)OCC.Nc1cc[nH]c1. The number of anilines is 1. The molecule has 1 aromatic rings. The molecule has 1 heterocycles. The second kappa shape index (κ2) is 10.7. The first kappa shape index (κ1) is 15.2. The van der Waals surface area contributed by atoms with Gasteiger partial charge in [0.05, 0.1) is 0 Å². The minimum absolute atomic E-state index is 0.677. The minimum atomic E-state index is -1.73. The second-order valence-electron chi connectivity index (χ2n) is 2.80. The predicted molar refractivity (Wildman–Crippen MR) is 67.2 cm³/mol. The van der Waals surface area contributed by atoms with Crippen LogP contribution in [0.15, 0.2) is 18.5 Å². The van der Waals surface area contributed by atoms with Crippen LogP contribution in [-0.2, 0) is 13.3 Å². The number of rotatable bonds is 6. The van der Waals surface area contributed by atoms with Crippen molar-refractivity contribution in [3.05, 3.63) is 18.5 Å². The minimum Gasteiger partial charge on any atom is -0.398 e. The van der Waals surface area contributed by atoms with E-state index in [1.807, 2.05) is 20.8 Å². The fraction of sp³-hybridized carbons (Fsp3) is 0.600. The molecule has 1 rings (SSSR count). The van der Waals surface area contributed by atoms with Gasteiger partial charge in [-0.15, -0.1) is 0 Å². The van der Waals surface area contributed by atoms with Crippen LogP contribution in [0.4, 0.5) is 5.69 Å². The Morgan fingerprint density at radius 2 is 1.62 bits per heavy atom. The maximum absolute atomic E-state index is 5.25. The van der Waals surface area contributed by atoms with Gasteiger partial charge in [-0.25, -0.2) is 0 Å². The lowest BCUT2D eigenvalue weighted by atomic mass is 10.6. The average Bonchev–Trinajstić information content (AvgIpc) is 2.71. The summed E-state index contributed by atoms with van der Waals surface area (Å²) in [6.07, 6.45) is 3.52. The van der Waals surface area contributed by atoms with Crippen LogP contribution in [0, 0.1) is 0 Å². The van der Waals surface area contributed by atoms with E-state index >= 15 is 0 Å². The van der Waals surface area contributed by atoms with Crippen LogP contribution in [0.1, 0.15) is 20.8 Å². The van der Waals surface area contributed by atoms with Crippen molar-refractivity contribution in [1.29, 1.82) is 0 Å². The number of hydrogen-bond donors (Lipinski definition) is 2. The average molecular weight is 246 g/mol. The van der Waals surface area contributed by atoms with E-state index in [4.69, 9.17) is 19.0 Å². The van der Waals surface area contributed by atoms with Crippen LogP contribution < -0.4 is 5.73 Å². The number of aromatic amines is 1. The molecule has 16 heavy (non-hydrogen) atoms. The van der Waals surface area contributed by atoms with Gasteiger partial charge >= 0.3 is 9.53 Å². The predicted octanol–water partition coefficient (Wildman–Crippen LogP) is 1.41. The first-order chi connectivity index (χ1) is 7.74. The van der Waals surface area contributed by atoms with Crippen LogP contribution >= 0.6 is 0 Å². The molecule has 0 aliphatic heterocycles. The summed E-state index contributed by atoms with van der Waals surface area (Å²) in [5, 5.41) is 0. The fourth-order valence-electron chi connectivity index (χ4n) is 0.889. The molecule has 0 aliphatic rings. The second-order valence-corrected chi connectivity index (χ2v) is 4.38. The highest BCUT2D eigenvalue weighted by molar-refractivity contribution is 6.36. The number of nitrogens with two attached hydrogens (primary N) is 1. The van der Waals surface area contributed by atoms with E-state index in [1.54, 1.807) is 18.5 Å². The molecule has 0 saturated carbocycles. The smallest absolute Gasteiger partial charge is 0.398 e. The lowest BCUT2D eigenvalue weighted by Crippen LogP contribution is -2.27. The van der Waals surface area contributed by atoms with Crippen molar-refractivity contribution >= 4 is 15.2 Å². The number of H-pyrrole nitrogens is 1. The van der Waals surface area contributed by atoms with Crippen molar-refractivity contribution in [3.8, 4) is 0 Å². The third-order valence-corrected chi connectivity index (χ3v) is 3.35. The van der Waals surface area contributed by atoms with E-state index in [0.29, 0.717) is 19.8 Å². The molecule has 0 bridgehead atoms. The van der Waals surface area contributed by atoms with Crippen LogP contribution in [0.3, 0.4) is 0 Å². The first-order valence-electron chi connectivity index (χ1n) is 5.47. The van der Waals surface area contributed by atoms with Gasteiger partial charge in [0.1, 0.15) is 0 Å². The van der Waals surface area contributed by atoms with Crippen molar-refractivity contribution in [2.45, 2.75) is 20.8 Å². The Morgan fingerprint density at radius 1 is 1.12 bits per heavy atom. The topological polar surface area (TPSA) is 69.5 Å². The van der Waals surface area contributed by atoms with E-state index in [9.17, 15) is 0 Å². The van der Waals surface area contributed by atoms with Crippen LogP contribution in [0.2, 0.25) is 0 Å². The number of hydrogen-bond acceptors (Lipinski definition) is 4. The highest BCUT2D eigenvalue weighted by Crippen LogP contribution is 1.93. The van der Waals surface area contributed by atoms with Gasteiger partial charge in [-0.2, -0.15) is 0 Å².